The number of amides is 1. The first-order valence-corrected chi connectivity index (χ1v) is 16.5. The zero-order valence-electron chi connectivity index (χ0n) is 14.1. The van der Waals surface area contributed by atoms with Crippen LogP contribution < -0.4 is 5.32 Å². The molecule has 0 saturated carbocycles. The van der Waals surface area contributed by atoms with E-state index in [9.17, 15) is 4.79 Å². The zero-order valence-corrected chi connectivity index (χ0v) is 17.1. The van der Waals surface area contributed by atoms with E-state index in [0.717, 1.165) is 12.5 Å². The van der Waals surface area contributed by atoms with E-state index in [-0.39, 0.29) is 5.91 Å². The van der Waals surface area contributed by atoms with Gasteiger partial charge in [0, 0.05) is 6.54 Å². The van der Waals surface area contributed by atoms with Gasteiger partial charge in [0.2, 0.25) is 5.91 Å². The third-order valence-corrected chi connectivity index (χ3v) is 12.7. The van der Waals surface area contributed by atoms with Crippen molar-refractivity contribution in [2.75, 3.05) is 6.54 Å². The number of carbonyl (C=O) groups is 1. The molecule has 0 atom stereocenters. The monoisotopic (exact) mass is 333 g/mol. The van der Waals surface area contributed by atoms with Crippen molar-refractivity contribution in [2.24, 2.45) is 0 Å². The van der Waals surface area contributed by atoms with Gasteiger partial charge < -0.3 is 13.5 Å². The highest BCUT2D eigenvalue weighted by molar-refractivity contribution is 6.87. The normalized spacial score (nSPS) is 13.2. The van der Waals surface area contributed by atoms with Crippen LogP contribution in [0, 0.1) is 0 Å². The Morgan fingerprint density at radius 3 is 2.10 bits per heavy atom. The Morgan fingerprint density at radius 2 is 1.65 bits per heavy atom. The van der Waals surface area contributed by atoms with E-state index in [2.05, 4.69) is 57.7 Å². The number of hydrogen-bond acceptors (Lipinski definition) is 3. The van der Waals surface area contributed by atoms with Crippen LogP contribution in [-0.4, -0.2) is 37.6 Å². The fourth-order valence-electron chi connectivity index (χ4n) is 2.27. The van der Waals surface area contributed by atoms with Gasteiger partial charge in [-0.2, -0.15) is 0 Å². The van der Waals surface area contributed by atoms with Crippen molar-refractivity contribution in [3.8, 4) is 0 Å². The topological polar surface area (TPSA) is 47.6 Å². The summed E-state index contributed by atoms with van der Waals surface area (Å²) in [6.07, 6.45) is 2.24. The molecule has 0 spiro atoms. The maximum absolute atomic E-state index is 11.1. The summed E-state index contributed by atoms with van der Waals surface area (Å²) in [6, 6.07) is 1.02. The molecule has 0 unspecified atom stereocenters. The van der Waals surface area contributed by atoms with Crippen LogP contribution in [0.3, 0.4) is 0 Å². The molecule has 1 N–H and O–H groups in total. The van der Waals surface area contributed by atoms with E-state index in [4.69, 9.17) is 8.23 Å². The lowest BCUT2D eigenvalue weighted by molar-refractivity contribution is -0.116. The first kappa shape index (κ1) is 19.8. The van der Waals surface area contributed by atoms with E-state index in [0.29, 0.717) is 6.54 Å². The van der Waals surface area contributed by atoms with E-state index in [1.54, 1.807) is 0 Å². The van der Waals surface area contributed by atoms with Gasteiger partial charge in [0.25, 0.3) is 0 Å². The summed E-state index contributed by atoms with van der Waals surface area (Å²) in [4.78, 5) is 11.1. The van der Waals surface area contributed by atoms with Crippen molar-refractivity contribution in [3.63, 3.8) is 0 Å². The molecule has 0 rings (SSSR count). The Hall–Kier alpha value is -0.219. The molecule has 118 valence electrons. The minimum atomic E-state index is -2.04. The molecule has 7 heteroatoms. The van der Waals surface area contributed by atoms with Crippen molar-refractivity contribution in [1.82, 2.24) is 5.32 Å². The van der Waals surface area contributed by atoms with Gasteiger partial charge in [-0.3, -0.25) is 4.79 Å². The third-order valence-electron chi connectivity index (χ3n) is 2.51. The smallest absolute Gasteiger partial charge is 0.311 e. The molecule has 20 heavy (non-hydrogen) atoms. The van der Waals surface area contributed by atoms with Crippen molar-refractivity contribution in [2.45, 2.75) is 58.3 Å². The summed E-state index contributed by atoms with van der Waals surface area (Å²) in [7, 11) is -5.34. The Kier molecular flexibility index (Phi) is 7.61. The Labute approximate surface area is 127 Å². The number of nitrogens with one attached hydrogen (secondary N) is 1. The fraction of sp³-hybridized carbons (Fsp3) is 0.769. The van der Waals surface area contributed by atoms with Crippen molar-refractivity contribution in [1.29, 1.82) is 0 Å². The van der Waals surface area contributed by atoms with Gasteiger partial charge in [0.15, 0.2) is 16.6 Å². The van der Waals surface area contributed by atoms with Crippen LogP contribution in [0.2, 0.25) is 51.9 Å². The van der Waals surface area contributed by atoms with E-state index < -0.39 is 25.2 Å². The summed E-state index contributed by atoms with van der Waals surface area (Å²) in [5.74, 6) is -0.109. The van der Waals surface area contributed by atoms with Gasteiger partial charge in [-0.1, -0.05) is 6.58 Å². The molecule has 0 bridgehead atoms. The predicted octanol–water partition coefficient (Wildman–Crippen LogP) is 3.45. The summed E-state index contributed by atoms with van der Waals surface area (Å²) in [6.45, 7) is 19.4. The van der Waals surface area contributed by atoms with Gasteiger partial charge in [-0.05, 0) is 64.4 Å². The van der Waals surface area contributed by atoms with Gasteiger partial charge >= 0.3 is 8.56 Å². The van der Waals surface area contributed by atoms with Crippen LogP contribution in [0.4, 0.5) is 0 Å². The molecular formula is C13H31NO3Si3. The van der Waals surface area contributed by atoms with Crippen LogP contribution >= 0.6 is 0 Å². The third kappa shape index (κ3) is 10.6. The highest BCUT2D eigenvalue weighted by Crippen LogP contribution is 2.23. The molecule has 0 radical (unpaired) electrons. The maximum Gasteiger partial charge on any atom is 0.311 e. The maximum atomic E-state index is 11.1. The number of rotatable bonds is 9. The molecule has 0 fully saturated rings. The van der Waals surface area contributed by atoms with E-state index >= 15 is 0 Å². The second kappa shape index (κ2) is 7.69. The highest BCUT2D eigenvalue weighted by Gasteiger charge is 2.37. The van der Waals surface area contributed by atoms with Crippen LogP contribution in [0.25, 0.3) is 0 Å². The minimum absolute atomic E-state index is 0.109. The van der Waals surface area contributed by atoms with Crippen LogP contribution in [0.15, 0.2) is 12.7 Å². The predicted molar refractivity (Wildman–Crippen MR) is 93.1 cm³/mol. The molecule has 0 aliphatic carbocycles. The van der Waals surface area contributed by atoms with Gasteiger partial charge in [0.1, 0.15) is 0 Å². The molecule has 0 heterocycles. The SMILES string of the molecule is C=CC(=O)NCCC[Si](C)(C)O[Si](C)(C)O[Si](C)(C)C. The second-order valence-corrected chi connectivity index (χ2v) is 19.8. The number of carbonyl (C=O) groups excluding carboxylic acids is 1. The summed E-state index contributed by atoms with van der Waals surface area (Å²) >= 11 is 0. The number of hydrogen-bond donors (Lipinski definition) is 1. The fourth-order valence-corrected chi connectivity index (χ4v) is 15.5. The van der Waals surface area contributed by atoms with Crippen LogP contribution in [0.5, 0.6) is 0 Å². The Balaban J connectivity index is 4.23. The summed E-state index contributed by atoms with van der Waals surface area (Å²) in [5, 5.41) is 2.80. The van der Waals surface area contributed by atoms with Gasteiger partial charge in [0.05, 0.1) is 0 Å². The lowest BCUT2D eigenvalue weighted by Crippen LogP contribution is -2.51. The molecule has 0 aromatic rings. The van der Waals surface area contributed by atoms with Gasteiger partial charge in [-0.25, -0.2) is 0 Å². The van der Waals surface area contributed by atoms with E-state index in [1.165, 1.54) is 6.08 Å². The standard InChI is InChI=1S/C13H31NO3Si3/c1-9-13(15)14-11-10-12-19(5,6)17-20(7,8)16-18(2,3)4/h9H,1,10-12H2,2-8H3,(H,14,15). The highest BCUT2D eigenvalue weighted by atomic mass is 28.5. The van der Waals surface area contributed by atoms with Crippen molar-refractivity contribution >= 4 is 31.1 Å². The van der Waals surface area contributed by atoms with Crippen LogP contribution in [0.1, 0.15) is 6.42 Å². The Morgan fingerprint density at radius 1 is 1.10 bits per heavy atom. The molecular weight excluding hydrogens is 302 g/mol. The van der Waals surface area contributed by atoms with Crippen molar-refractivity contribution in [3.05, 3.63) is 12.7 Å². The first-order valence-electron chi connectivity index (χ1n) is 7.17. The van der Waals surface area contributed by atoms with Crippen molar-refractivity contribution < 1.29 is 13.0 Å². The van der Waals surface area contributed by atoms with Gasteiger partial charge in [-0.15, -0.1) is 0 Å². The first-order chi connectivity index (χ1) is 8.87. The Bertz CT molecular complexity index is 338. The zero-order chi connectivity index (χ0) is 16.0. The van der Waals surface area contributed by atoms with Crippen LogP contribution in [-0.2, 0) is 13.0 Å². The minimum Gasteiger partial charge on any atom is -0.437 e. The molecule has 1 amide bonds. The molecule has 4 nitrogen and oxygen atoms in total. The summed E-state index contributed by atoms with van der Waals surface area (Å²) in [5.41, 5.74) is 0. The molecule has 0 aliphatic rings. The largest absolute Gasteiger partial charge is 0.437 e. The van der Waals surface area contributed by atoms with E-state index in [1.807, 2.05) is 0 Å². The quantitative estimate of drug-likeness (QED) is 0.399. The average molecular weight is 334 g/mol. The summed E-state index contributed by atoms with van der Waals surface area (Å²) < 4.78 is 12.6. The molecule has 0 aliphatic heterocycles. The molecule has 0 aromatic heterocycles. The molecule has 0 saturated heterocycles. The average Bonchev–Trinajstić information content (AvgIpc) is 2.18. The second-order valence-electron chi connectivity index (χ2n) is 7.07. The lowest BCUT2D eigenvalue weighted by atomic mass is 10.4. The molecule has 0 aromatic carbocycles. The lowest BCUT2D eigenvalue weighted by Gasteiger charge is -2.37.